The highest BCUT2D eigenvalue weighted by molar-refractivity contribution is 6.30. The number of hydrogen-bond donors (Lipinski definition) is 1. The molecule has 5 heteroatoms. The molecule has 0 fully saturated rings. The minimum atomic E-state index is 0.417. The molecule has 4 nitrogen and oxygen atoms in total. The van der Waals surface area contributed by atoms with Gasteiger partial charge in [-0.2, -0.15) is 0 Å². The van der Waals surface area contributed by atoms with Crippen LogP contribution in [0.15, 0.2) is 30.5 Å². The van der Waals surface area contributed by atoms with Gasteiger partial charge in [0.05, 0.1) is 12.8 Å². The number of fused-ring (bicyclic) bond motifs is 1. The Balaban J connectivity index is 1.70. The molecule has 0 aliphatic carbocycles. The predicted octanol–water partition coefficient (Wildman–Crippen LogP) is 2.75. The molecule has 2 N–H and O–H groups in total. The first kappa shape index (κ1) is 14.2. The van der Waals surface area contributed by atoms with Crippen molar-refractivity contribution in [2.75, 3.05) is 13.2 Å². The lowest BCUT2D eigenvalue weighted by molar-refractivity contribution is 0.291. The maximum Gasteiger partial charge on any atom is 0.138 e. The molecule has 2 heterocycles. The fourth-order valence-corrected chi connectivity index (χ4v) is 2.67. The number of hydrogen-bond acceptors (Lipinski definition) is 4. The van der Waals surface area contributed by atoms with Gasteiger partial charge in [-0.25, -0.2) is 0 Å². The average Bonchev–Trinajstić information content (AvgIpc) is 2.94. The van der Waals surface area contributed by atoms with Crippen molar-refractivity contribution < 1.29 is 9.47 Å². The van der Waals surface area contributed by atoms with Crippen LogP contribution in [0, 0.1) is 0 Å². The number of benzene rings is 1. The summed E-state index contributed by atoms with van der Waals surface area (Å²) in [6.07, 6.45) is 3.39. The van der Waals surface area contributed by atoms with E-state index >= 15 is 0 Å². The van der Waals surface area contributed by atoms with Gasteiger partial charge in [0.25, 0.3) is 0 Å². The van der Waals surface area contributed by atoms with Crippen LogP contribution in [-0.4, -0.2) is 18.1 Å². The Morgan fingerprint density at radius 1 is 1.33 bits per heavy atom. The lowest BCUT2D eigenvalue weighted by Gasteiger charge is -2.11. The van der Waals surface area contributed by atoms with E-state index in [4.69, 9.17) is 26.8 Å². The van der Waals surface area contributed by atoms with Crippen molar-refractivity contribution in [1.82, 2.24) is 4.98 Å². The maximum absolute atomic E-state index is 6.13. The molecule has 0 saturated carbocycles. The Labute approximate surface area is 128 Å². The van der Waals surface area contributed by atoms with Gasteiger partial charge < -0.3 is 15.2 Å². The highest BCUT2D eigenvalue weighted by Gasteiger charge is 2.17. The van der Waals surface area contributed by atoms with Crippen LogP contribution in [-0.2, 0) is 19.4 Å². The van der Waals surface area contributed by atoms with Crippen LogP contribution in [0.3, 0.4) is 0 Å². The molecular weight excluding hydrogens is 288 g/mol. The summed E-state index contributed by atoms with van der Waals surface area (Å²) in [5.41, 5.74) is 8.59. The Kier molecular flexibility index (Phi) is 4.27. The van der Waals surface area contributed by atoms with Gasteiger partial charge in [0.1, 0.15) is 18.1 Å². The van der Waals surface area contributed by atoms with Crippen molar-refractivity contribution in [3.05, 3.63) is 52.3 Å². The number of ether oxygens (including phenoxy) is 2. The minimum Gasteiger partial charge on any atom is -0.493 e. The smallest absolute Gasteiger partial charge is 0.138 e. The van der Waals surface area contributed by atoms with E-state index in [1.54, 1.807) is 6.20 Å². The summed E-state index contributed by atoms with van der Waals surface area (Å²) in [6, 6.07) is 7.68. The fourth-order valence-electron chi connectivity index (χ4n) is 2.41. The second kappa shape index (κ2) is 6.33. The Morgan fingerprint density at radius 3 is 3.00 bits per heavy atom. The molecule has 0 unspecified atom stereocenters. The summed E-state index contributed by atoms with van der Waals surface area (Å²) in [6.45, 7) is 1.72. The van der Waals surface area contributed by atoms with E-state index in [-0.39, 0.29) is 0 Å². The van der Waals surface area contributed by atoms with E-state index in [2.05, 4.69) is 4.98 Å². The predicted molar refractivity (Wildman–Crippen MR) is 82.0 cm³/mol. The Hall–Kier alpha value is -1.78. The molecule has 1 aliphatic heterocycles. The van der Waals surface area contributed by atoms with E-state index in [0.29, 0.717) is 24.8 Å². The maximum atomic E-state index is 6.13. The quantitative estimate of drug-likeness (QED) is 0.923. The van der Waals surface area contributed by atoms with E-state index in [1.165, 1.54) is 0 Å². The number of aromatic nitrogens is 1. The molecule has 0 spiro atoms. The highest BCUT2D eigenvalue weighted by atomic mass is 35.5. The molecule has 3 rings (SSSR count). The zero-order chi connectivity index (χ0) is 14.7. The SMILES string of the molecule is NCCc1ccc(OCc2cc(Cl)cc3c2OCC3)cn1. The van der Waals surface area contributed by atoms with Gasteiger partial charge in [-0.05, 0) is 36.4 Å². The van der Waals surface area contributed by atoms with Crippen molar-refractivity contribution in [3.63, 3.8) is 0 Å². The third-order valence-corrected chi connectivity index (χ3v) is 3.64. The van der Waals surface area contributed by atoms with Gasteiger partial charge in [-0.1, -0.05) is 11.6 Å². The van der Waals surface area contributed by atoms with Gasteiger partial charge in [-0.15, -0.1) is 0 Å². The second-order valence-corrected chi connectivity index (χ2v) is 5.40. The number of nitrogens with two attached hydrogens (primary N) is 1. The van der Waals surface area contributed by atoms with Crippen LogP contribution < -0.4 is 15.2 Å². The third kappa shape index (κ3) is 3.28. The standard InChI is InChI=1S/C16H17ClN2O2/c17-13-7-11-4-6-20-16(11)12(8-13)10-21-15-2-1-14(3-5-18)19-9-15/h1-2,7-9H,3-6,10,18H2. The summed E-state index contributed by atoms with van der Waals surface area (Å²) in [4.78, 5) is 4.31. The van der Waals surface area contributed by atoms with Gasteiger partial charge >= 0.3 is 0 Å². The zero-order valence-electron chi connectivity index (χ0n) is 11.6. The molecule has 0 saturated heterocycles. The lowest BCUT2D eigenvalue weighted by atomic mass is 10.1. The number of pyridine rings is 1. The number of nitrogens with zero attached hydrogens (tertiary/aromatic N) is 1. The zero-order valence-corrected chi connectivity index (χ0v) is 12.4. The van der Waals surface area contributed by atoms with Gasteiger partial charge in [0, 0.05) is 29.1 Å². The molecule has 1 aromatic heterocycles. The van der Waals surface area contributed by atoms with Crippen LogP contribution in [0.4, 0.5) is 0 Å². The van der Waals surface area contributed by atoms with Crippen molar-refractivity contribution >= 4 is 11.6 Å². The van der Waals surface area contributed by atoms with Gasteiger partial charge in [-0.3, -0.25) is 4.98 Å². The summed E-state index contributed by atoms with van der Waals surface area (Å²) in [5.74, 6) is 1.63. The molecule has 110 valence electrons. The lowest BCUT2D eigenvalue weighted by Crippen LogP contribution is -2.04. The molecule has 0 amide bonds. The van der Waals surface area contributed by atoms with Crippen molar-refractivity contribution in [3.8, 4) is 11.5 Å². The van der Waals surface area contributed by atoms with Gasteiger partial charge in [0.2, 0.25) is 0 Å². The molecule has 1 aromatic carbocycles. The van der Waals surface area contributed by atoms with Crippen molar-refractivity contribution in [2.45, 2.75) is 19.4 Å². The summed E-state index contributed by atoms with van der Waals surface area (Å²) >= 11 is 6.13. The van der Waals surface area contributed by atoms with Crippen LogP contribution in [0.2, 0.25) is 5.02 Å². The molecule has 1 aliphatic rings. The topological polar surface area (TPSA) is 57.4 Å². The van der Waals surface area contributed by atoms with Crippen molar-refractivity contribution in [2.24, 2.45) is 5.73 Å². The first-order chi connectivity index (χ1) is 10.3. The molecular formula is C16H17ClN2O2. The summed E-state index contributed by atoms with van der Waals surface area (Å²) < 4.78 is 11.4. The summed E-state index contributed by atoms with van der Waals surface area (Å²) in [5, 5.41) is 0.717. The number of rotatable bonds is 5. The first-order valence-corrected chi connectivity index (χ1v) is 7.36. The van der Waals surface area contributed by atoms with Crippen LogP contribution in [0.5, 0.6) is 11.5 Å². The van der Waals surface area contributed by atoms with E-state index in [1.807, 2.05) is 24.3 Å². The molecule has 2 aromatic rings. The number of halogens is 1. The summed E-state index contributed by atoms with van der Waals surface area (Å²) in [7, 11) is 0. The highest BCUT2D eigenvalue weighted by Crippen LogP contribution is 2.33. The molecule has 0 radical (unpaired) electrons. The van der Waals surface area contributed by atoms with E-state index in [0.717, 1.165) is 41.2 Å². The fraction of sp³-hybridized carbons (Fsp3) is 0.312. The Morgan fingerprint density at radius 2 is 2.24 bits per heavy atom. The first-order valence-electron chi connectivity index (χ1n) is 6.98. The van der Waals surface area contributed by atoms with Crippen molar-refractivity contribution in [1.29, 1.82) is 0 Å². The monoisotopic (exact) mass is 304 g/mol. The van der Waals surface area contributed by atoms with E-state index < -0.39 is 0 Å². The van der Waals surface area contributed by atoms with Crippen LogP contribution >= 0.6 is 11.6 Å². The molecule has 0 bridgehead atoms. The van der Waals surface area contributed by atoms with Crippen LogP contribution in [0.1, 0.15) is 16.8 Å². The largest absolute Gasteiger partial charge is 0.493 e. The second-order valence-electron chi connectivity index (χ2n) is 4.96. The average molecular weight is 305 g/mol. The van der Waals surface area contributed by atoms with Crippen LogP contribution in [0.25, 0.3) is 0 Å². The van der Waals surface area contributed by atoms with E-state index in [9.17, 15) is 0 Å². The normalized spacial score (nSPS) is 12.9. The minimum absolute atomic E-state index is 0.417. The molecule has 0 atom stereocenters. The Bertz CT molecular complexity index is 629. The van der Waals surface area contributed by atoms with Gasteiger partial charge in [0.15, 0.2) is 0 Å². The third-order valence-electron chi connectivity index (χ3n) is 3.42. The molecule has 21 heavy (non-hydrogen) atoms.